The standard InChI is InChI=1S/C18H23N3O4/c22-17-9-13(20-18(23)19-12-3-1-2-4-12)11-21(17)14-5-6-15-16(10-14)25-8-7-24-15/h5-6,10,12-13H,1-4,7-9,11H2,(H2,19,20,23)/t13-/m1/s1. The van der Waals surface area contributed by atoms with Crippen LogP contribution in [-0.4, -0.2) is 43.8 Å². The number of hydrogen-bond donors (Lipinski definition) is 2. The van der Waals surface area contributed by atoms with Gasteiger partial charge in [-0.15, -0.1) is 0 Å². The molecule has 0 bridgehead atoms. The third kappa shape index (κ3) is 3.50. The summed E-state index contributed by atoms with van der Waals surface area (Å²) in [6.45, 7) is 1.52. The summed E-state index contributed by atoms with van der Waals surface area (Å²) in [4.78, 5) is 26.2. The Labute approximate surface area is 146 Å². The number of anilines is 1. The molecule has 134 valence electrons. The summed E-state index contributed by atoms with van der Waals surface area (Å²) >= 11 is 0. The van der Waals surface area contributed by atoms with Gasteiger partial charge in [0.2, 0.25) is 5.91 Å². The highest BCUT2D eigenvalue weighted by Crippen LogP contribution is 2.35. The van der Waals surface area contributed by atoms with Gasteiger partial charge in [-0.1, -0.05) is 12.8 Å². The van der Waals surface area contributed by atoms with Crippen molar-refractivity contribution in [2.24, 2.45) is 0 Å². The highest BCUT2D eigenvalue weighted by Gasteiger charge is 2.32. The van der Waals surface area contributed by atoms with Gasteiger partial charge in [-0.25, -0.2) is 4.79 Å². The first-order valence-corrected chi connectivity index (χ1v) is 8.96. The van der Waals surface area contributed by atoms with Crippen LogP contribution in [0.3, 0.4) is 0 Å². The van der Waals surface area contributed by atoms with Gasteiger partial charge in [0.1, 0.15) is 13.2 Å². The molecule has 2 aliphatic heterocycles. The van der Waals surface area contributed by atoms with E-state index in [-0.39, 0.29) is 24.0 Å². The molecule has 1 aromatic rings. The lowest BCUT2D eigenvalue weighted by Gasteiger charge is -2.22. The highest BCUT2D eigenvalue weighted by atomic mass is 16.6. The van der Waals surface area contributed by atoms with Crippen molar-refractivity contribution >= 4 is 17.6 Å². The second kappa shape index (κ2) is 6.82. The van der Waals surface area contributed by atoms with Crippen LogP contribution < -0.4 is 25.0 Å². The van der Waals surface area contributed by atoms with Gasteiger partial charge in [-0.3, -0.25) is 4.79 Å². The normalized spacial score (nSPS) is 23.0. The zero-order valence-corrected chi connectivity index (χ0v) is 14.1. The first kappa shape index (κ1) is 16.1. The summed E-state index contributed by atoms with van der Waals surface area (Å²) in [5, 5.41) is 5.93. The molecule has 3 aliphatic rings. The Morgan fingerprint density at radius 2 is 1.76 bits per heavy atom. The Hall–Kier alpha value is -2.44. The van der Waals surface area contributed by atoms with E-state index >= 15 is 0 Å². The minimum atomic E-state index is -0.179. The molecule has 0 aromatic heterocycles. The zero-order valence-electron chi connectivity index (χ0n) is 14.1. The van der Waals surface area contributed by atoms with Gasteiger partial charge in [-0.2, -0.15) is 0 Å². The summed E-state index contributed by atoms with van der Waals surface area (Å²) in [6.07, 6.45) is 4.74. The van der Waals surface area contributed by atoms with Gasteiger partial charge in [-0.05, 0) is 25.0 Å². The van der Waals surface area contributed by atoms with Crippen LogP contribution >= 0.6 is 0 Å². The van der Waals surface area contributed by atoms with E-state index in [0.29, 0.717) is 37.7 Å². The van der Waals surface area contributed by atoms with E-state index in [2.05, 4.69) is 10.6 Å². The monoisotopic (exact) mass is 345 g/mol. The minimum absolute atomic E-state index is 0.00263. The van der Waals surface area contributed by atoms with Gasteiger partial charge >= 0.3 is 6.03 Å². The third-order valence-electron chi connectivity index (χ3n) is 4.99. The lowest BCUT2D eigenvalue weighted by Crippen LogP contribution is -2.46. The highest BCUT2D eigenvalue weighted by molar-refractivity contribution is 5.97. The molecule has 25 heavy (non-hydrogen) atoms. The van der Waals surface area contributed by atoms with Crippen molar-refractivity contribution in [3.05, 3.63) is 18.2 Å². The molecule has 4 rings (SSSR count). The molecule has 0 radical (unpaired) electrons. The van der Waals surface area contributed by atoms with E-state index in [1.807, 2.05) is 18.2 Å². The van der Waals surface area contributed by atoms with E-state index in [9.17, 15) is 9.59 Å². The maximum atomic E-state index is 12.4. The van der Waals surface area contributed by atoms with Gasteiger partial charge < -0.3 is 25.0 Å². The van der Waals surface area contributed by atoms with E-state index in [4.69, 9.17) is 9.47 Å². The molecule has 0 spiro atoms. The fourth-order valence-electron chi connectivity index (χ4n) is 3.74. The number of benzene rings is 1. The minimum Gasteiger partial charge on any atom is -0.486 e. The van der Waals surface area contributed by atoms with Crippen LogP contribution in [0.1, 0.15) is 32.1 Å². The van der Waals surface area contributed by atoms with Gasteiger partial charge in [0.25, 0.3) is 0 Å². The Morgan fingerprint density at radius 1 is 1.04 bits per heavy atom. The number of urea groups is 1. The predicted molar refractivity (Wildman–Crippen MR) is 92.1 cm³/mol. The van der Waals surface area contributed by atoms with Gasteiger partial charge in [0.05, 0.1) is 6.04 Å². The van der Waals surface area contributed by atoms with Crippen molar-refractivity contribution in [1.29, 1.82) is 0 Å². The number of nitrogens with one attached hydrogen (secondary N) is 2. The van der Waals surface area contributed by atoms with Crippen molar-refractivity contribution in [2.45, 2.75) is 44.2 Å². The van der Waals surface area contributed by atoms with Crippen LogP contribution in [0.2, 0.25) is 0 Å². The Kier molecular flexibility index (Phi) is 4.38. The molecule has 1 saturated heterocycles. The van der Waals surface area contributed by atoms with E-state index in [0.717, 1.165) is 18.5 Å². The topological polar surface area (TPSA) is 79.9 Å². The number of ether oxygens (including phenoxy) is 2. The van der Waals surface area contributed by atoms with E-state index < -0.39 is 0 Å². The molecule has 2 N–H and O–H groups in total. The molecular weight excluding hydrogens is 322 g/mol. The van der Waals surface area contributed by atoms with Crippen LogP contribution in [0, 0.1) is 0 Å². The van der Waals surface area contributed by atoms with Crippen LogP contribution in [-0.2, 0) is 4.79 Å². The largest absolute Gasteiger partial charge is 0.486 e. The summed E-state index contributed by atoms with van der Waals surface area (Å²) in [5.41, 5.74) is 0.773. The molecule has 0 unspecified atom stereocenters. The molecule has 7 nitrogen and oxygen atoms in total. The molecular formula is C18H23N3O4. The number of carbonyl (C=O) groups is 2. The van der Waals surface area contributed by atoms with Crippen LogP contribution in [0.5, 0.6) is 11.5 Å². The number of amides is 3. The molecule has 1 atom stereocenters. The van der Waals surface area contributed by atoms with E-state index in [1.54, 1.807) is 4.90 Å². The first-order chi connectivity index (χ1) is 12.2. The Balaban J connectivity index is 1.37. The Morgan fingerprint density at radius 3 is 2.56 bits per heavy atom. The van der Waals surface area contributed by atoms with Crippen LogP contribution in [0.15, 0.2) is 18.2 Å². The van der Waals surface area contributed by atoms with Crippen LogP contribution in [0.25, 0.3) is 0 Å². The number of rotatable bonds is 3. The van der Waals surface area contributed by atoms with Crippen LogP contribution in [0.4, 0.5) is 10.5 Å². The van der Waals surface area contributed by atoms with Gasteiger partial charge in [0.15, 0.2) is 11.5 Å². The fraction of sp³-hybridized carbons (Fsp3) is 0.556. The van der Waals surface area contributed by atoms with Crippen molar-refractivity contribution in [1.82, 2.24) is 10.6 Å². The maximum absolute atomic E-state index is 12.4. The number of hydrogen-bond acceptors (Lipinski definition) is 4. The molecule has 2 fully saturated rings. The van der Waals surface area contributed by atoms with Crippen molar-refractivity contribution in [3.63, 3.8) is 0 Å². The average molecular weight is 345 g/mol. The number of carbonyl (C=O) groups excluding carboxylic acids is 2. The maximum Gasteiger partial charge on any atom is 0.315 e. The van der Waals surface area contributed by atoms with Crippen molar-refractivity contribution in [3.8, 4) is 11.5 Å². The summed E-state index contributed by atoms with van der Waals surface area (Å²) < 4.78 is 11.1. The quantitative estimate of drug-likeness (QED) is 0.875. The number of nitrogens with zero attached hydrogens (tertiary/aromatic N) is 1. The molecule has 7 heteroatoms. The average Bonchev–Trinajstić information content (AvgIpc) is 3.24. The lowest BCUT2D eigenvalue weighted by molar-refractivity contribution is -0.117. The third-order valence-corrected chi connectivity index (χ3v) is 4.99. The Bertz CT molecular complexity index is 672. The second-order valence-electron chi connectivity index (χ2n) is 6.83. The molecule has 1 saturated carbocycles. The van der Waals surface area contributed by atoms with Crippen molar-refractivity contribution < 1.29 is 19.1 Å². The predicted octanol–water partition coefficient (Wildman–Crippen LogP) is 1.80. The molecule has 1 aliphatic carbocycles. The summed E-state index contributed by atoms with van der Waals surface area (Å²) in [7, 11) is 0. The zero-order chi connectivity index (χ0) is 17.2. The molecule has 1 aromatic carbocycles. The first-order valence-electron chi connectivity index (χ1n) is 8.96. The smallest absolute Gasteiger partial charge is 0.315 e. The fourth-order valence-corrected chi connectivity index (χ4v) is 3.74. The van der Waals surface area contributed by atoms with E-state index in [1.165, 1.54) is 12.8 Å². The lowest BCUT2D eigenvalue weighted by atomic mass is 10.2. The second-order valence-corrected chi connectivity index (χ2v) is 6.83. The SMILES string of the molecule is O=C(NC1CCCC1)N[C@@H]1CC(=O)N(c2ccc3c(c2)OCCO3)C1. The molecule has 2 heterocycles. The summed E-state index contributed by atoms with van der Waals surface area (Å²) in [5.74, 6) is 1.36. The number of fused-ring (bicyclic) bond motifs is 1. The summed E-state index contributed by atoms with van der Waals surface area (Å²) in [6, 6.07) is 5.42. The molecule has 3 amide bonds. The van der Waals surface area contributed by atoms with Gasteiger partial charge in [0, 0.05) is 30.8 Å². The van der Waals surface area contributed by atoms with Crippen molar-refractivity contribution in [2.75, 3.05) is 24.7 Å².